The molecule has 0 aliphatic heterocycles. The average molecular weight is 347 g/mol. The van der Waals surface area contributed by atoms with Crippen molar-refractivity contribution in [1.29, 1.82) is 0 Å². The van der Waals surface area contributed by atoms with Gasteiger partial charge in [-0.25, -0.2) is 4.79 Å². The second-order valence-electron chi connectivity index (χ2n) is 5.04. The smallest absolute Gasteiger partial charge is 0.333 e. The molecule has 1 aromatic carbocycles. The Morgan fingerprint density at radius 2 is 2.04 bits per heavy atom. The lowest BCUT2D eigenvalue weighted by atomic mass is 10.1. The minimum Gasteiger partial charge on any atom is -0.466 e. The van der Waals surface area contributed by atoms with Gasteiger partial charge in [-0.2, -0.15) is 0 Å². The molecule has 1 atom stereocenters. The van der Waals surface area contributed by atoms with Crippen molar-refractivity contribution in [1.82, 2.24) is 0 Å². The zero-order valence-electron chi connectivity index (χ0n) is 14.3. The van der Waals surface area contributed by atoms with Crippen LogP contribution in [0.2, 0.25) is 0 Å². The van der Waals surface area contributed by atoms with Crippen LogP contribution < -0.4 is 0 Å². The topological polar surface area (TPSA) is 111 Å². The first-order valence-electron chi connectivity index (χ1n) is 7.65. The van der Waals surface area contributed by atoms with Gasteiger partial charge in [0.2, 0.25) is 0 Å². The van der Waals surface area contributed by atoms with E-state index < -0.39 is 18.0 Å². The maximum atomic E-state index is 11.8. The van der Waals surface area contributed by atoms with Gasteiger partial charge in [0, 0.05) is 24.0 Å². The Kier molecular flexibility index (Phi) is 9.43. The van der Waals surface area contributed by atoms with E-state index in [0.29, 0.717) is 6.61 Å². The molecule has 8 nitrogen and oxygen atoms in total. The third-order valence-electron chi connectivity index (χ3n) is 3.09. The molecule has 1 aromatic rings. The highest BCUT2D eigenvalue weighted by molar-refractivity contribution is 5.88. The van der Waals surface area contributed by atoms with Crippen molar-refractivity contribution in [2.24, 2.45) is 5.11 Å². The van der Waals surface area contributed by atoms with Gasteiger partial charge in [-0.1, -0.05) is 35.4 Å². The van der Waals surface area contributed by atoms with Crippen LogP contribution in [0.1, 0.15) is 18.9 Å². The summed E-state index contributed by atoms with van der Waals surface area (Å²) in [6, 6.07) is 9.52. The van der Waals surface area contributed by atoms with E-state index in [1.165, 1.54) is 20.1 Å². The van der Waals surface area contributed by atoms with E-state index in [-0.39, 0.29) is 25.1 Å². The molecule has 0 spiro atoms. The second-order valence-corrected chi connectivity index (χ2v) is 5.04. The summed E-state index contributed by atoms with van der Waals surface area (Å²) in [7, 11) is 1.25. The predicted octanol–water partition coefficient (Wildman–Crippen LogP) is 2.93. The normalized spacial score (nSPS) is 12.0. The predicted molar refractivity (Wildman–Crippen MR) is 90.4 cm³/mol. The monoisotopic (exact) mass is 347 g/mol. The summed E-state index contributed by atoms with van der Waals surface area (Å²) in [5, 5.41) is 3.39. The third-order valence-corrected chi connectivity index (χ3v) is 3.09. The second kappa shape index (κ2) is 11.7. The summed E-state index contributed by atoms with van der Waals surface area (Å²) in [5.41, 5.74) is 9.56. The van der Waals surface area contributed by atoms with Crippen LogP contribution in [0.5, 0.6) is 0 Å². The molecule has 0 saturated heterocycles. The quantitative estimate of drug-likeness (QED) is 0.212. The molecule has 0 bridgehead atoms. The standard InChI is InChI=1S/C17H21N3O5/c1-13(21)25-16(12-24-11-14-6-4-3-5-7-14)10-15(17(22)23-2)8-9-19-20-18/h3-7,10,16H,8-9,11-12H2,1-2H3/b15-10-/t16-/m1/s1. The first kappa shape index (κ1) is 20.2. The fourth-order valence-corrected chi connectivity index (χ4v) is 2.02. The highest BCUT2D eigenvalue weighted by Gasteiger charge is 2.16. The van der Waals surface area contributed by atoms with Crippen molar-refractivity contribution in [3.63, 3.8) is 0 Å². The van der Waals surface area contributed by atoms with E-state index in [2.05, 4.69) is 10.0 Å². The lowest BCUT2D eigenvalue weighted by Crippen LogP contribution is -2.22. The molecule has 0 aliphatic carbocycles. The van der Waals surface area contributed by atoms with Gasteiger partial charge in [0.1, 0.15) is 6.10 Å². The Labute approximate surface area is 146 Å². The molecule has 0 fully saturated rings. The third kappa shape index (κ3) is 8.55. The van der Waals surface area contributed by atoms with E-state index >= 15 is 0 Å². The van der Waals surface area contributed by atoms with Crippen LogP contribution in [0.3, 0.4) is 0 Å². The van der Waals surface area contributed by atoms with Gasteiger partial charge in [-0.05, 0) is 23.6 Å². The summed E-state index contributed by atoms with van der Waals surface area (Å²) in [6.45, 7) is 1.79. The van der Waals surface area contributed by atoms with Crippen molar-refractivity contribution >= 4 is 11.9 Å². The molecule has 0 radical (unpaired) electrons. The van der Waals surface area contributed by atoms with Crippen molar-refractivity contribution < 1.29 is 23.8 Å². The first-order chi connectivity index (χ1) is 12.1. The van der Waals surface area contributed by atoms with E-state index in [1.807, 2.05) is 30.3 Å². The molecular weight excluding hydrogens is 326 g/mol. The number of azide groups is 1. The number of methoxy groups -OCH3 is 1. The van der Waals surface area contributed by atoms with E-state index in [0.717, 1.165) is 5.56 Å². The first-order valence-corrected chi connectivity index (χ1v) is 7.65. The molecule has 0 amide bonds. The minimum atomic E-state index is -0.749. The van der Waals surface area contributed by atoms with Gasteiger partial charge in [0.25, 0.3) is 0 Å². The molecule has 8 heteroatoms. The SMILES string of the molecule is COC(=O)/C(=C\[C@H](COCc1ccccc1)OC(C)=O)CCN=[N+]=[N-]. The number of esters is 2. The van der Waals surface area contributed by atoms with Crippen LogP contribution in [0.25, 0.3) is 10.4 Å². The molecule has 0 saturated carbocycles. The summed E-state index contributed by atoms with van der Waals surface area (Å²) < 4.78 is 15.4. The van der Waals surface area contributed by atoms with E-state index in [9.17, 15) is 9.59 Å². The Morgan fingerprint density at radius 3 is 2.64 bits per heavy atom. The molecule has 0 unspecified atom stereocenters. The van der Waals surface area contributed by atoms with Crippen LogP contribution in [-0.2, 0) is 30.4 Å². The minimum absolute atomic E-state index is 0.0798. The summed E-state index contributed by atoms with van der Waals surface area (Å²) >= 11 is 0. The fourth-order valence-electron chi connectivity index (χ4n) is 2.02. The number of hydrogen-bond acceptors (Lipinski definition) is 6. The maximum Gasteiger partial charge on any atom is 0.333 e. The molecule has 134 valence electrons. The Hall–Kier alpha value is -2.83. The average Bonchev–Trinajstić information content (AvgIpc) is 2.60. The highest BCUT2D eigenvalue weighted by atomic mass is 16.6. The number of benzene rings is 1. The van der Waals surface area contributed by atoms with Gasteiger partial charge in [-0.3, -0.25) is 4.79 Å². The number of rotatable bonds is 10. The fraction of sp³-hybridized carbons (Fsp3) is 0.412. The van der Waals surface area contributed by atoms with Gasteiger partial charge >= 0.3 is 11.9 Å². The summed E-state index contributed by atoms with van der Waals surface area (Å²) in [5.74, 6) is -1.07. The van der Waals surface area contributed by atoms with Gasteiger partial charge in [0.15, 0.2) is 0 Å². The van der Waals surface area contributed by atoms with Crippen molar-refractivity contribution in [3.05, 3.63) is 58.0 Å². The Balaban J connectivity index is 2.76. The molecule has 0 N–H and O–H groups in total. The lowest BCUT2D eigenvalue weighted by molar-refractivity contribution is -0.147. The highest BCUT2D eigenvalue weighted by Crippen LogP contribution is 2.10. The largest absolute Gasteiger partial charge is 0.466 e. The van der Waals surface area contributed by atoms with Crippen molar-refractivity contribution in [2.45, 2.75) is 26.1 Å². The van der Waals surface area contributed by atoms with Gasteiger partial charge in [0.05, 0.1) is 20.3 Å². The van der Waals surface area contributed by atoms with Crippen LogP contribution in [0.4, 0.5) is 0 Å². The van der Waals surface area contributed by atoms with Crippen LogP contribution in [-0.4, -0.2) is 38.3 Å². The molecule has 0 aromatic heterocycles. The zero-order chi connectivity index (χ0) is 18.5. The van der Waals surface area contributed by atoms with Gasteiger partial charge in [-0.15, -0.1) is 0 Å². The van der Waals surface area contributed by atoms with Crippen LogP contribution in [0, 0.1) is 0 Å². The van der Waals surface area contributed by atoms with E-state index in [4.69, 9.17) is 19.7 Å². The molecule has 25 heavy (non-hydrogen) atoms. The summed E-state index contributed by atoms with van der Waals surface area (Å²) in [4.78, 5) is 25.7. The molecule has 0 heterocycles. The Bertz CT molecular complexity index is 639. The lowest BCUT2D eigenvalue weighted by Gasteiger charge is -2.15. The number of nitrogens with zero attached hydrogens (tertiary/aromatic N) is 3. The van der Waals surface area contributed by atoms with Crippen LogP contribution in [0.15, 0.2) is 47.1 Å². The molecule has 1 rings (SSSR count). The van der Waals surface area contributed by atoms with Crippen LogP contribution >= 0.6 is 0 Å². The number of ether oxygens (including phenoxy) is 3. The van der Waals surface area contributed by atoms with Gasteiger partial charge < -0.3 is 14.2 Å². The van der Waals surface area contributed by atoms with Crippen molar-refractivity contribution in [2.75, 3.05) is 20.3 Å². The Morgan fingerprint density at radius 1 is 1.32 bits per heavy atom. The van der Waals surface area contributed by atoms with Crippen molar-refractivity contribution in [3.8, 4) is 0 Å². The zero-order valence-corrected chi connectivity index (χ0v) is 14.3. The number of hydrogen-bond donors (Lipinski definition) is 0. The number of carbonyl (C=O) groups excluding carboxylic acids is 2. The number of carbonyl (C=O) groups is 2. The summed E-state index contributed by atoms with van der Waals surface area (Å²) in [6.07, 6.45) is 0.888. The molecular formula is C17H21N3O5. The van der Waals surface area contributed by atoms with E-state index in [1.54, 1.807) is 0 Å². The maximum absolute atomic E-state index is 11.8. The molecule has 0 aliphatic rings.